The molecule has 1 aromatic carbocycles. The summed E-state index contributed by atoms with van der Waals surface area (Å²) in [4.78, 5) is 23.7. The number of hydrogen-bond acceptors (Lipinski definition) is 7. The van der Waals surface area contributed by atoms with Crippen LogP contribution in [0.3, 0.4) is 0 Å². The van der Waals surface area contributed by atoms with E-state index in [1.807, 2.05) is 32.0 Å². The first-order valence-corrected chi connectivity index (χ1v) is 9.49. The standard InChI is InChI=1S/C21H20N8O2/c1-13-12-14(2)29(26-13)19-10-9-18(24-25-19)22-15-4-6-16(7-5-15)23-21(31)17-8-11-20(30)28(3)27-17/h4-12H,1-3H3,(H,22,24)(H,23,31). The predicted molar refractivity (Wildman–Crippen MR) is 116 cm³/mol. The first-order valence-electron chi connectivity index (χ1n) is 9.49. The van der Waals surface area contributed by atoms with Gasteiger partial charge in [-0.25, -0.2) is 9.36 Å². The van der Waals surface area contributed by atoms with Crippen molar-refractivity contribution in [2.45, 2.75) is 13.8 Å². The third-order valence-electron chi connectivity index (χ3n) is 4.49. The van der Waals surface area contributed by atoms with Gasteiger partial charge in [0.05, 0.1) is 5.69 Å². The number of nitrogens with one attached hydrogen (secondary N) is 2. The molecule has 1 amide bonds. The van der Waals surface area contributed by atoms with E-state index in [-0.39, 0.29) is 11.3 Å². The molecule has 0 aliphatic rings. The Morgan fingerprint density at radius 2 is 1.65 bits per heavy atom. The van der Waals surface area contributed by atoms with Gasteiger partial charge in [-0.2, -0.15) is 10.2 Å². The maximum Gasteiger partial charge on any atom is 0.276 e. The van der Waals surface area contributed by atoms with E-state index in [1.165, 1.54) is 19.2 Å². The molecular weight excluding hydrogens is 396 g/mol. The average Bonchev–Trinajstić information content (AvgIpc) is 3.10. The van der Waals surface area contributed by atoms with Gasteiger partial charge in [0.15, 0.2) is 11.6 Å². The largest absolute Gasteiger partial charge is 0.339 e. The van der Waals surface area contributed by atoms with Crippen LogP contribution in [0.4, 0.5) is 17.2 Å². The van der Waals surface area contributed by atoms with E-state index in [1.54, 1.807) is 28.9 Å². The van der Waals surface area contributed by atoms with E-state index < -0.39 is 5.91 Å². The minimum Gasteiger partial charge on any atom is -0.339 e. The van der Waals surface area contributed by atoms with E-state index in [0.29, 0.717) is 17.3 Å². The molecule has 0 atom stereocenters. The molecule has 31 heavy (non-hydrogen) atoms. The molecular formula is C21H20N8O2. The second-order valence-corrected chi connectivity index (χ2v) is 6.95. The first-order chi connectivity index (χ1) is 14.9. The number of nitrogens with zero attached hydrogens (tertiary/aromatic N) is 6. The van der Waals surface area contributed by atoms with Gasteiger partial charge in [-0.1, -0.05) is 0 Å². The van der Waals surface area contributed by atoms with Gasteiger partial charge in [-0.05, 0) is 62.4 Å². The first kappa shape index (κ1) is 20.0. The zero-order chi connectivity index (χ0) is 22.0. The molecule has 0 saturated heterocycles. The Morgan fingerprint density at radius 1 is 0.903 bits per heavy atom. The van der Waals surface area contributed by atoms with Gasteiger partial charge in [0, 0.05) is 30.2 Å². The molecule has 0 fully saturated rings. The number of benzene rings is 1. The number of aromatic nitrogens is 6. The van der Waals surface area contributed by atoms with Gasteiger partial charge in [0.2, 0.25) is 0 Å². The fraction of sp³-hybridized carbons (Fsp3) is 0.143. The zero-order valence-corrected chi connectivity index (χ0v) is 17.2. The van der Waals surface area contributed by atoms with E-state index >= 15 is 0 Å². The molecule has 10 nitrogen and oxygen atoms in total. The predicted octanol–water partition coefficient (Wildman–Crippen LogP) is 2.37. The molecule has 0 saturated carbocycles. The highest BCUT2D eigenvalue weighted by Gasteiger charge is 2.09. The molecule has 0 bridgehead atoms. The minimum absolute atomic E-state index is 0.155. The number of aryl methyl sites for hydroxylation is 3. The Hall–Kier alpha value is -4.34. The molecule has 0 aliphatic heterocycles. The van der Waals surface area contributed by atoms with Crippen molar-refractivity contribution in [3.8, 4) is 5.82 Å². The maximum absolute atomic E-state index is 12.3. The van der Waals surface area contributed by atoms with Crippen LogP contribution in [0, 0.1) is 13.8 Å². The van der Waals surface area contributed by atoms with Gasteiger partial charge >= 0.3 is 0 Å². The summed E-state index contributed by atoms with van der Waals surface area (Å²) in [6, 6.07) is 15.4. The Morgan fingerprint density at radius 3 is 2.26 bits per heavy atom. The van der Waals surface area contributed by atoms with Crippen LogP contribution in [0.25, 0.3) is 5.82 Å². The molecule has 156 valence electrons. The minimum atomic E-state index is -0.401. The summed E-state index contributed by atoms with van der Waals surface area (Å²) >= 11 is 0. The summed E-state index contributed by atoms with van der Waals surface area (Å²) in [6.07, 6.45) is 0. The van der Waals surface area contributed by atoms with Crippen LogP contribution in [0.2, 0.25) is 0 Å². The Bertz CT molecular complexity index is 1290. The van der Waals surface area contributed by atoms with Crippen molar-refractivity contribution in [3.63, 3.8) is 0 Å². The SMILES string of the molecule is Cc1cc(C)n(-c2ccc(Nc3ccc(NC(=O)c4ccc(=O)n(C)n4)cc3)nn2)n1. The lowest BCUT2D eigenvalue weighted by molar-refractivity contribution is 0.102. The van der Waals surface area contributed by atoms with Crippen LogP contribution in [0.1, 0.15) is 21.9 Å². The van der Waals surface area contributed by atoms with Crippen LogP contribution in [0.15, 0.2) is 59.4 Å². The fourth-order valence-corrected chi connectivity index (χ4v) is 2.97. The summed E-state index contributed by atoms with van der Waals surface area (Å²) in [5.74, 6) is 0.819. The Balaban J connectivity index is 1.41. The fourth-order valence-electron chi connectivity index (χ4n) is 2.97. The lowest BCUT2D eigenvalue weighted by Crippen LogP contribution is -2.23. The van der Waals surface area contributed by atoms with Crippen molar-refractivity contribution >= 4 is 23.1 Å². The number of amides is 1. The quantitative estimate of drug-likeness (QED) is 0.512. The van der Waals surface area contributed by atoms with Crippen molar-refractivity contribution in [2.24, 2.45) is 7.05 Å². The molecule has 4 aromatic rings. The van der Waals surface area contributed by atoms with Gasteiger partial charge in [0.25, 0.3) is 11.5 Å². The van der Waals surface area contributed by atoms with Crippen LogP contribution < -0.4 is 16.2 Å². The maximum atomic E-state index is 12.3. The van der Waals surface area contributed by atoms with Gasteiger partial charge in [-0.3, -0.25) is 9.59 Å². The number of hydrogen-bond donors (Lipinski definition) is 2. The summed E-state index contributed by atoms with van der Waals surface area (Å²) in [5.41, 5.74) is 3.16. The van der Waals surface area contributed by atoms with Crippen LogP contribution in [-0.4, -0.2) is 35.7 Å². The van der Waals surface area contributed by atoms with Crippen LogP contribution in [-0.2, 0) is 7.05 Å². The topological polar surface area (TPSA) is 120 Å². The summed E-state index contributed by atoms with van der Waals surface area (Å²) in [7, 11) is 1.49. The van der Waals surface area contributed by atoms with E-state index in [4.69, 9.17) is 0 Å². The molecule has 4 rings (SSSR count). The highest BCUT2D eigenvalue weighted by molar-refractivity contribution is 6.02. The third-order valence-corrected chi connectivity index (χ3v) is 4.49. The number of rotatable bonds is 5. The normalized spacial score (nSPS) is 10.7. The molecule has 0 spiro atoms. The van der Waals surface area contributed by atoms with Crippen molar-refractivity contribution < 1.29 is 4.79 Å². The molecule has 0 radical (unpaired) electrons. The van der Waals surface area contributed by atoms with Crippen molar-refractivity contribution in [1.82, 2.24) is 29.8 Å². The molecule has 0 aliphatic carbocycles. The van der Waals surface area contributed by atoms with E-state index in [2.05, 4.69) is 31.0 Å². The lowest BCUT2D eigenvalue weighted by atomic mass is 10.2. The second kappa shape index (κ2) is 8.19. The summed E-state index contributed by atoms with van der Waals surface area (Å²) in [5, 5.41) is 22.7. The highest BCUT2D eigenvalue weighted by atomic mass is 16.2. The molecule has 0 unspecified atom stereocenters. The highest BCUT2D eigenvalue weighted by Crippen LogP contribution is 2.18. The molecule has 2 N–H and O–H groups in total. The molecule has 3 heterocycles. The van der Waals surface area contributed by atoms with Gasteiger partial charge in [0.1, 0.15) is 5.69 Å². The van der Waals surface area contributed by atoms with Crippen LogP contribution in [0.5, 0.6) is 0 Å². The molecule has 3 aromatic heterocycles. The zero-order valence-electron chi connectivity index (χ0n) is 17.2. The number of carbonyl (C=O) groups excluding carboxylic acids is 1. The van der Waals surface area contributed by atoms with E-state index in [9.17, 15) is 9.59 Å². The summed E-state index contributed by atoms with van der Waals surface area (Å²) in [6.45, 7) is 3.89. The van der Waals surface area contributed by atoms with Gasteiger partial charge in [-0.15, -0.1) is 10.2 Å². The van der Waals surface area contributed by atoms with Crippen LogP contribution >= 0.6 is 0 Å². The van der Waals surface area contributed by atoms with Crippen molar-refractivity contribution in [1.29, 1.82) is 0 Å². The third kappa shape index (κ3) is 4.47. The number of anilines is 3. The van der Waals surface area contributed by atoms with Crippen molar-refractivity contribution in [2.75, 3.05) is 10.6 Å². The van der Waals surface area contributed by atoms with Gasteiger partial charge < -0.3 is 10.6 Å². The average molecular weight is 416 g/mol. The van der Waals surface area contributed by atoms with Crippen molar-refractivity contribution in [3.05, 3.63) is 82.0 Å². The molecule has 10 heteroatoms. The number of carbonyl (C=O) groups is 1. The Kier molecular flexibility index (Phi) is 5.27. The monoisotopic (exact) mass is 416 g/mol. The second-order valence-electron chi connectivity index (χ2n) is 6.95. The Labute approximate surface area is 177 Å². The van der Waals surface area contributed by atoms with E-state index in [0.717, 1.165) is 21.8 Å². The lowest BCUT2D eigenvalue weighted by Gasteiger charge is -2.09. The summed E-state index contributed by atoms with van der Waals surface area (Å²) < 4.78 is 2.85. The smallest absolute Gasteiger partial charge is 0.276 e.